The lowest BCUT2D eigenvalue weighted by atomic mass is 10.1. The van der Waals surface area contributed by atoms with E-state index in [1.807, 2.05) is 55.5 Å². The predicted molar refractivity (Wildman–Crippen MR) is 136 cm³/mol. The number of hydrogen-bond donors (Lipinski definition) is 1. The maximum atomic E-state index is 13.5. The fraction of sp³-hybridized carbons (Fsp3) is 0.115. The van der Waals surface area contributed by atoms with Crippen molar-refractivity contribution in [3.63, 3.8) is 0 Å². The average Bonchev–Trinajstić information content (AvgIpc) is 3.11. The molecule has 33 heavy (non-hydrogen) atoms. The summed E-state index contributed by atoms with van der Waals surface area (Å²) in [7, 11) is 0. The predicted octanol–water partition coefficient (Wildman–Crippen LogP) is 5.82. The van der Waals surface area contributed by atoms with Crippen LogP contribution in [0.1, 0.15) is 11.1 Å². The topological polar surface area (TPSA) is 73.2 Å². The molecule has 0 saturated carbocycles. The van der Waals surface area contributed by atoms with E-state index in [0.29, 0.717) is 22.8 Å². The molecule has 5 nitrogen and oxygen atoms in total. The summed E-state index contributed by atoms with van der Waals surface area (Å²) in [4.78, 5) is 28.0. The molecule has 0 spiro atoms. The zero-order valence-corrected chi connectivity index (χ0v) is 20.2. The molecule has 0 aliphatic carbocycles. The van der Waals surface area contributed by atoms with Gasteiger partial charge >= 0.3 is 0 Å². The quantitative estimate of drug-likeness (QED) is 0.341. The van der Waals surface area contributed by atoms with Gasteiger partial charge in [-0.2, -0.15) is 5.26 Å². The number of carbonyl (C=O) groups excluding carboxylic acids is 2. The molecule has 164 valence electrons. The van der Waals surface area contributed by atoms with E-state index in [0.717, 1.165) is 15.6 Å². The SMILES string of the molecule is Cc1cccc(C[C@H]2S/C(=C(/C#N)C(=O)Nc3ccccc3)N(c3ccc(Br)cc3)C2=O)c1. The summed E-state index contributed by atoms with van der Waals surface area (Å²) in [6, 6.07) is 26.2. The van der Waals surface area contributed by atoms with Gasteiger partial charge in [0.2, 0.25) is 5.91 Å². The second-order valence-corrected chi connectivity index (χ2v) is 9.67. The number of nitrogens with zero attached hydrogens (tertiary/aromatic N) is 2. The van der Waals surface area contributed by atoms with Gasteiger partial charge in [-0.25, -0.2) is 0 Å². The van der Waals surface area contributed by atoms with Gasteiger partial charge < -0.3 is 5.32 Å². The molecule has 1 heterocycles. The third-order valence-corrected chi connectivity index (χ3v) is 6.92. The molecule has 1 N–H and O–H groups in total. The molecule has 2 amide bonds. The Kier molecular flexibility index (Phi) is 6.97. The van der Waals surface area contributed by atoms with Crippen LogP contribution in [0.5, 0.6) is 0 Å². The summed E-state index contributed by atoms with van der Waals surface area (Å²) in [6.07, 6.45) is 0.501. The first kappa shape index (κ1) is 22.8. The average molecular weight is 518 g/mol. The minimum absolute atomic E-state index is 0.0909. The van der Waals surface area contributed by atoms with Crippen molar-refractivity contribution in [2.45, 2.75) is 18.6 Å². The highest BCUT2D eigenvalue weighted by atomic mass is 79.9. The number of aryl methyl sites for hydroxylation is 1. The Bertz CT molecular complexity index is 1270. The summed E-state index contributed by atoms with van der Waals surface area (Å²) >= 11 is 4.67. The Hall–Kier alpha value is -3.34. The molecule has 7 heteroatoms. The molecule has 4 rings (SSSR count). The summed E-state index contributed by atoms with van der Waals surface area (Å²) in [5.41, 5.74) is 3.25. The Morgan fingerprint density at radius 1 is 1.09 bits per heavy atom. The van der Waals surface area contributed by atoms with E-state index in [1.165, 1.54) is 16.7 Å². The van der Waals surface area contributed by atoms with E-state index in [4.69, 9.17) is 0 Å². The second kappa shape index (κ2) is 10.1. The molecular weight excluding hydrogens is 498 g/mol. The maximum absolute atomic E-state index is 13.5. The van der Waals surface area contributed by atoms with Crippen molar-refractivity contribution in [2.24, 2.45) is 0 Å². The number of carbonyl (C=O) groups is 2. The van der Waals surface area contributed by atoms with Gasteiger partial charge in [0.05, 0.1) is 5.25 Å². The molecule has 1 saturated heterocycles. The molecule has 0 aromatic heterocycles. The fourth-order valence-electron chi connectivity index (χ4n) is 3.58. The van der Waals surface area contributed by atoms with E-state index in [2.05, 4.69) is 21.2 Å². The van der Waals surface area contributed by atoms with Gasteiger partial charge in [-0.15, -0.1) is 0 Å². The summed E-state index contributed by atoms with van der Waals surface area (Å²) in [5, 5.41) is 12.6. The highest BCUT2D eigenvalue weighted by Gasteiger charge is 2.40. The Morgan fingerprint density at radius 2 is 1.82 bits per heavy atom. The number of hydrogen-bond acceptors (Lipinski definition) is 4. The van der Waals surface area contributed by atoms with Gasteiger partial charge in [-0.3, -0.25) is 14.5 Å². The number of thioether (sulfide) groups is 1. The number of anilines is 2. The number of amides is 2. The van der Waals surface area contributed by atoms with Crippen LogP contribution in [0.25, 0.3) is 0 Å². The van der Waals surface area contributed by atoms with Crippen molar-refractivity contribution in [2.75, 3.05) is 10.2 Å². The lowest BCUT2D eigenvalue weighted by Crippen LogP contribution is -2.30. The van der Waals surface area contributed by atoms with Gasteiger partial charge in [0, 0.05) is 15.8 Å². The number of benzene rings is 3. The first-order valence-corrected chi connectivity index (χ1v) is 12.0. The first-order chi connectivity index (χ1) is 16.0. The summed E-state index contributed by atoms with van der Waals surface area (Å²) in [5.74, 6) is -0.698. The van der Waals surface area contributed by atoms with Crippen LogP contribution in [0, 0.1) is 18.3 Å². The van der Waals surface area contributed by atoms with Crippen molar-refractivity contribution < 1.29 is 9.59 Å². The first-order valence-electron chi connectivity index (χ1n) is 10.3. The van der Waals surface area contributed by atoms with Crippen LogP contribution in [0.4, 0.5) is 11.4 Å². The van der Waals surface area contributed by atoms with Crippen molar-refractivity contribution in [3.8, 4) is 6.07 Å². The van der Waals surface area contributed by atoms with Crippen molar-refractivity contribution >= 4 is 50.9 Å². The molecule has 3 aromatic carbocycles. The number of para-hydroxylation sites is 1. The van der Waals surface area contributed by atoms with Crippen LogP contribution < -0.4 is 10.2 Å². The maximum Gasteiger partial charge on any atom is 0.269 e. The van der Waals surface area contributed by atoms with Crippen LogP contribution in [-0.2, 0) is 16.0 Å². The van der Waals surface area contributed by atoms with E-state index < -0.39 is 11.2 Å². The Balaban J connectivity index is 1.73. The highest BCUT2D eigenvalue weighted by Crippen LogP contribution is 2.42. The van der Waals surface area contributed by atoms with E-state index in [-0.39, 0.29) is 11.5 Å². The van der Waals surface area contributed by atoms with Crippen LogP contribution in [0.2, 0.25) is 0 Å². The number of halogens is 1. The van der Waals surface area contributed by atoms with Gasteiger partial charge in [0.15, 0.2) is 0 Å². The number of nitriles is 1. The van der Waals surface area contributed by atoms with E-state index >= 15 is 0 Å². The monoisotopic (exact) mass is 517 g/mol. The Morgan fingerprint density at radius 3 is 2.48 bits per heavy atom. The number of nitrogens with one attached hydrogen (secondary N) is 1. The van der Waals surface area contributed by atoms with Crippen LogP contribution >= 0.6 is 27.7 Å². The van der Waals surface area contributed by atoms with Crippen molar-refractivity contribution in [3.05, 3.63) is 105 Å². The van der Waals surface area contributed by atoms with Crippen LogP contribution in [0.15, 0.2) is 93.9 Å². The fourth-order valence-corrected chi connectivity index (χ4v) is 5.15. The van der Waals surface area contributed by atoms with Crippen molar-refractivity contribution in [1.29, 1.82) is 5.26 Å². The van der Waals surface area contributed by atoms with E-state index in [9.17, 15) is 14.9 Å². The normalized spacial score (nSPS) is 16.9. The standard InChI is InChI=1S/C26H20BrN3O2S/c1-17-6-5-7-18(14-17)15-23-25(32)30(21-12-10-19(27)11-13-21)26(33-23)22(16-28)24(31)29-20-8-3-2-4-9-20/h2-14,23H,15H2,1H3,(H,29,31)/b26-22-/t23-/m1/s1. The molecule has 0 radical (unpaired) electrons. The molecule has 0 bridgehead atoms. The lowest BCUT2D eigenvalue weighted by Gasteiger charge is -2.19. The van der Waals surface area contributed by atoms with Gasteiger partial charge in [-0.1, -0.05) is 75.7 Å². The van der Waals surface area contributed by atoms with Crippen molar-refractivity contribution in [1.82, 2.24) is 0 Å². The Labute approximate surface area is 205 Å². The molecule has 1 aliphatic rings. The van der Waals surface area contributed by atoms with Crippen LogP contribution in [-0.4, -0.2) is 17.1 Å². The lowest BCUT2D eigenvalue weighted by molar-refractivity contribution is -0.117. The van der Waals surface area contributed by atoms with Crippen LogP contribution in [0.3, 0.4) is 0 Å². The van der Waals surface area contributed by atoms with Gasteiger partial charge in [-0.05, 0) is 55.3 Å². The number of rotatable bonds is 5. The smallest absolute Gasteiger partial charge is 0.269 e. The zero-order valence-electron chi connectivity index (χ0n) is 17.8. The largest absolute Gasteiger partial charge is 0.321 e. The molecule has 1 aliphatic heterocycles. The molecule has 3 aromatic rings. The molecule has 1 fully saturated rings. The summed E-state index contributed by atoms with van der Waals surface area (Å²) in [6.45, 7) is 2.01. The van der Waals surface area contributed by atoms with E-state index in [1.54, 1.807) is 36.4 Å². The van der Waals surface area contributed by atoms with Gasteiger partial charge in [0.1, 0.15) is 16.7 Å². The third kappa shape index (κ3) is 5.19. The highest BCUT2D eigenvalue weighted by molar-refractivity contribution is 9.10. The summed E-state index contributed by atoms with van der Waals surface area (Å²) < 4.78 is 0.870. The molecule has 1 atom stereocenters. The third-order valence-electron chi connectivity index (χ3n) is 5.13. The minimum atomic E-state index is -0.544. The molecular formula is C26H20BrN3O2S. The second-order valence-electron chi connectivity index (χ2n) is 7.56. The minimum Gasteiger partial charge on any atom is -0.321 e. The molecule has 0 unspecified atom stereocenters. The zero-order chi connectivity index (χ0) is 23.4. The van der Waals surface area contributed by atoms with Gasteiger partial charge in [0.25, 0.3) is 5.91 Å².